The van der Waals surface area contributed by atoms with Gasteiger partial charge in [0.15, 0.2) is 0 Å². The van der Waals surface area contributed by atoms with Crippen LogP contribution in [0.5, 0.6) is 0 Å². The Labute approximate surface area is 127 Å². The molecule has 2 aromatic rings. The van der Waals surface area contributed by atoms with E-state index in [2.05, 4.69) is 64.2 Å². The third-order valence-corrected chi connectivity index (χ3v) is 4.87. The Kier molecular flexibility index (Phi) is 3.45. The standard InChI is InChI=1S/C15H20IN3/c1-9-5-10(2)7-12(6-9)19-14-4-3-11(16)8-13(14)18-15(19)17/h3-4,8-10,12H,5-7H2,1-2H3,(H2,17,18). The zero-order chi connectivity index (χ0) is 13.6. The molecule has 0 saturated heterocycles. The van der Waals surface area contributed by atoms with Gasteiger partial charge < -0.3 is 10.3 Å². The zero-order valence-electron chi connectivity index (χ0n) is 11.4. The first-order chi connectivity index (χ1) is 9.04. The number of fused-ring (bicyclic) bond motifs is 1. The number of nitrogen functional groups attached to an aromatic ring is 1. The highest BCUT2D eigenvalue weighted by atomic mass is 127. The SMILES string of the molecule is CC1CC(C)CC(n2c(N)nc3cc(I)ccc32)C1. The molecule has 102 valence electrons. The van der Waals surface area contributed by atoms with Crippen molar-refractivity contribution in [3.05, 3.63) is 21.8 Å². The number of aromatic nitrogens is 2. The lowest BCUT2D eigenvalue weighted by molar-refractivity contribution is 0.226. The second-order valence-electron chi connectivity index (χ2n) is 6.04. The minimum Gasteiger partial charge on any atom is -0.369 e. The minimum atomic E-state index is 0.504. The molecule has 1 heterocycles. The van der Waals surface area contributed by atoms with Crippen LogP contribution >= 0.6 is 22.6 Å². The van der Waals surface area contributed by atoms with Crippen molar-refractivity contribution in [1.29, 1.82) is 0 Å². The monoisotopic (exact) mass is 369 g/mol. The first-order valence-electron chi connectivity index (χ1n) is 6.97. The third-order valence-electron chi connectivity index (χ3n) is 4.20. The Bertz CT molecular complexity index is 595. The van der Waals surface area contributed by atoms with Crippen molar-refractivity contribution in [2.45, 2.75) is 39.2 Å². The van der Waals surface area contributed by atoms with E-state index in [4.69, 9.17) is 5.73 Å². The smallest absolute Gasteiger partial charge is 0.201 e. The summed E-state index contributed by atoms with van der Waals surface area (Å²) in [5.41, 5.74) is 8.38. The van der Waals surface area contributed by atoms with E-state index in [1.807, 2.05) is 0 Å². The first kappa shape index (κ1) is 13.2. The predicted octanol–water partition coefficient (Wildman–Crippen LogP) is 4.22. The summed E-state index contributed by atoms with van der Waals surface area (Å²) in [4.78, 5) is 4.54. The van der Waals surface area contributed by atoms with Crippen molar-refractivity contribution in [2.24, 2.45) is 11.8 Å². The molecule has 1 aliphatic rings. The number of hydrogen-bond acceptors (Lipinski definition) is 2. The van der Waals surface area contributed by atoms with Crippen LogP contribution in [0.25, 0.3) is 11.0 Å². The summed E-state index contributed by atoms with van der Waals surface area (Å²) in [6.07, 6.45) is 3.76. The van der Waals surface area contributed by atoms with Crippen molar-refractivity contribution < 1.29 is 0 Å². The first-order valence-corrected chi connectivity index (χ1v) is 8.05. The average Bonchev–Trinajstić information content (AvgIpc) is 2.62. The van der Waals surface area contributed by atoms with Crippen LogP contribution in [0.4, 0.5) is 5.95 Å². The molecule has 1 saturated carbocycles. The lowest BCUT2D eigenvalue weighted by Gasteiger charge is -2.33. The maximum atomic E-state index is 6.17. The fourth-order valence-corrected chi connectivity index (χ4v) is 4.06. The quantitative estimate of drug-likeness (QED) is 0.765. The summed E-state index contributed by atoms with van der Waals surface area (Å²) < 4.78 is 3.47. The van der Waals surface area contributed by atoms with E-state index < -0.39 is 0 Å². The van der Waals surface area contributed by atoms with Crippen molar-refractivity contribution in [1.82, 2.24) is 9.55 Å². The fraction of sp³-hybridized carbons (Fsp3) is 0.533. The largest absolute Gasteiger partial charge is 0.369 e. The Morgan fingerprint density at radius 1 is 1.21 bits per heavy atom. The van der Waals surface area contributed by atoms with Crippen LogP contribution < -0.4 is 5.73 Å². The molecule has 1 aliphatic carbocycles. The molecule has 3 nitrogen and oxygen atoms in total. The number of benzene rings is 1. The molecule has 1 fully saturated rings. The van der Waals surface area contributed by atoms with E-state index in [-0.39, 0.29) is 0 Å². The molecule has 19 heavy (non-hydrogen) atoms. The normalized spacial score (nSPS) is 27.8. The Morgan fingerprint density at radius 2 is 1.89 bits per heavy atom. The molecule has 3 rings (SSSR count). The Morgan fingerprint density at radius 3 is 2.58 bits per heavy atom. The summed E-state index contributed by atoms with van der Waals surface area (Å²) >= 11 is 2.32. The predicted molar refractivity (Wildman–Crippen MR) is 88.1 cm³/mol. The lowest BCUT2D eigenvalue weighted by atomic mass is 9.80. The fourth-order valence-electron chi connectivity index (χ4n) is 3.59. The average molecular weight is 369 g/mol. The van der Waals surface area contributed by atoms with Gasteiger partial charge in [-0.2, -0.15) is 0 Å². The van der Waals surface area contributed by atoms with E-state index in [9.17, 15) is 0 Å². The number of imidazole rings is 1. The van der Waals surface area contributed by atoms with E-state index in [1.54, 1.807) is 0 Å². The van der Waals surface area contributed by atoms with E-state index in [1.165, 1.54) is 28.3 Å². The van der Waals surface area contributed by atoms with Crippen LogP contribution in [-0.2, 0) is 0 Å². The number of anilines is 1. The summed E-state index contributed by atoms with van der Waals surface area (Å²) in [6, 6.07) is 6.91. The molecular formula is C15H20IN3. The highest BCUT2D eigenvalue weighted by molar-refractivity contribution is 14.1. The highest BCUT2D eigenvalue weighted by Gasteiger charge is 2.27. The van der Waals surface area contributed by atoms with Gasteiger partial charge in [0.1, 0.15) is 0 Å². The Hall–Kier alpha value is -0.780. The van der Waals surface area contributed by atoms with Crippen molar-refractivity contribution in [3.63, 3.8) is 0 Å². The summed E-state index contributed by atoms with van der Waals surface area (Å²) in [5.74, 6) is 2.21. The molecule has 2 N–H and O–H groups in total. The van der Waals surface area contributed by atoms with Gasteiger partial charge in [-0.1, -0.05) is 13.8 Å². The van der Waals surface area contributed by atoms with Gasteiger partial charge in [0, 0.05) is 9.61 Å². The molecule has 0 bridgehead atoms. The molecule has 0 amide bonds. The molecule has 0 spiro atoms. The van der Waals surface area contributed by atoms with E-state index >= 15 is 0 Å². The molecule has 2 atom stereocenters. The van der Waals surface area contributed by atoms with Gasteiger partial charge in [-0.15, -0.1) is 0 Å². The van der Waals surface area contributed by atoms with Gasteiger partial charge >= 0.3 is 0 Å². The topological polar surface area (TPSA) is 43.8 Å². The summed E-state index contributed by atoms with van der Waals surface area (Å²) in [6.45, 7) is 4.70. The molecule has 1 aromatic heterocycles. The van der Waals surface area contributed by atoms with Crippen LogP contribution in [0, 0.1) is 15.4 Å². The third kappa shape index (κ3) is 2.47. The van der Waals surface area contributed by atoms with Gasteiger partial charge in [-0.25, -0.2) is 4.98 Å². The Balaban J connectivity index is 2.06. The van der Waals surface area contributed by atoms with E-state index in [0.29, 0.717) is 12.0 Å². The second kappa shape index (κ2) is 4.96. The molecule has 0 aliphatic heterocycles. The van der Waals surface area contributed by atoms with Gasteiger partial charge in [0.2, 0.25) is 5.95 Å². The van der Waals surface area contributed by atoms with Crippen LogP contribution in [-0.4, -0.2) is 9.55 Å². The summed E-state index contributed by atoms with van der Waals surface area (Å²) in [5, 5.41) is 0. The molecule has 4 heteroatoms. The number of nitrogens with zero attached hydrogens (tertiary/aromatic N) is 2. The number of hydrogen-bond donors (Lipinski definition) is 1. The van der Waals surface area contributed by atoms with Crippen LogP contribution in [0.3, 0.4) is 0 Å². The van der Waals surface area contributed by atoms with Crippen molar-refractivity contribution in [3.8, 4) is 0 Å². The molecule has 2 unspecified atom stereocenters. The lowest BCUT2D eigenvalue weighted by Crippen LogP contribution is -2.23. The molecule has 1 aromatic carbocycles. The van der Waals surface area contributed by atoms with Crippen LogP contribution in [0.15, 0.2) is 18.2 Å². The van der Waals surface area contributed by atoms with Crippen molar-refractivity contribution >= 4 is 39.6 Å². The maximum absolute atomic E-state index is 6.17. The number of halogens is 1. The summed E-state index contributed by atoms with van der Waals surface area (Å²) in [7, 11) is 0. The van der Waals surface area contributed by atoms with Gasteiger partial charge in [0.25, 0.3) is 0 Å². The minimum absolute atomic E-state index is 0.504. The maximum Gasteiger partial charge on any atom is 0.201 e. The van der Waals surface area contributed by atoms with Gasteiger partial charge in [-0.05, 0) is 71.9 Å². The zero-order valence-corrected chi connectivity index (χ0v) is 13.6. The second-order valence-corrected chi connectivity index (χ2v) is 7.29. The van der Waals surface area contributed by atoms with Crippen LogP contribution in [0.2, 0.25) is 0 Å². The molecule has 0 radical (unpaired) electrons. The number of rotatable bonds is 1. The van der Waals surface area contributed by atoms with Crippen molar-refractivity contribution in [2.75, 3.05) is 5.73 Å². The van der Waals surface area contributed by atoms with Gasteiger partial charge in [-0.3, -0.25) is 0 Å². The highest BCUT2D eigenvalue weighted by Crippen LogP contribution is 2.38. The number of nitrogens with two attached hydrogens (primary N) is 1. The van der Waals surface area contributed by atoms with Gasteiger partial charge in [0.05, 0.1) is 11.0 Å². The van der Waals surface area contributed by atoms with Crippen LogP contribution in [0.1, 0.15) is 39.2 Å². The molecular weight excluding hydrogens is 349 g/mol. The van der Waals surface area contributed by atoms with E-state index in [0.717, 1.165) is 17.4 Å².